The molecule has 1 amide bonds. The quantitative estimate of drug-likeness (QED) is 0.785. The highest BCUT2D eigenvalue weighted by molar-refractivity contribution is 9.10. The maximum absolute atomic E-state index is 12.1. The monoisotopic (exact) mass is 313 g/mol. The van der Waals surface area contributed by atoms with Crippen molar-refractivity contribution in [2.24, 2.45) is 0 Å². The van der Waals surface area contributed by atoms with Crippen molar-refractivity contribution in [2.45, 2.75) is 13.3 Å². The molecule has 5 heteroatoms. The zero-order chi connectivity index (χ0) is 13.5. The molecule has 0 aliphatic rings. The summed E-state index contributed by atoms with van der Waals surface area (Å²) in [5.41, 5.74) is 0.531. The van der Waals surface area contributed by atoms with Gasteiger partial charge in [-0.1, -0.05) is 19.1 Å². The second-order valence-electron chi connectivity index (χ2n) is 3.86. The number of ether oxygens (including phenoxy) is 1. The van der Waals surface area contributed by atoms with Gasteiger partial charge >= 0.3 is 5.97 Å². The summed E-state index contributed by atoms with van der Waals surface area (Å²) in [6.07, 6.45) is 0.771. The molecule has 0 aliphatic heterocycles. The molecule has 1 aromatic rings. The van der Waals surface area contributed by atoms with E-state index in [1.807, 2.05) is 13.0 Å². The Kier molecular flexibility index (Phi) is 5.85. The number of hydrogen-bond acceptors (Lipinski definition) is 3. The highest BCUT2D eigenvalue weighted by Crippen LogP contribution is 2.17. The van der Waals surface area contributed by atoms with Crippen molar-refractivity contribution in [3.63, 3.8) is 0 Å². The SMILES string of the molecule is CCCOC(=O)CN(C)C(=O)c1ccccc1Br. The van der Waals surface area contributed by atoms with Crippen molar-refractivity contribution in [1.29, 1.82) is 0 Å². The Bertz CT molecular complexity index is 434. The average molecular weight is 314 g/mol. The smallest absolute Gasteiger partial charge is 0.325 e. The summed E-state index contributed by atoms with van der Waals surface area (Å²) in [6.45, 7) is 2.26. The number of likely N-dealkylation sites (N-methyl/N-ethyl adjacent to an activating group) is 1. The van der Waals surface area contributed by atoms with Gasteiger partial charge in [-0.3, -0.25) is 9.59 Å². The van der Waals surface area contributed by atoms with Crippen molar-refractivity contribution < 1.29 is 14.3 Å². The number of hydrogen-bond donors (Lipinski definition) is 0. The lowest BCUT2D eigenvalue weighted by Gasteiger charge is -2.16. The Labute approximate surface area is 115 Å². The number of esters is 1. The lowest BCUT2D eigenvalue weighted by molar-refractivity contribution is -0.144. The zero-order valence-electron chi connectivity index (χ0n) is 10.5. The van der Waals surface area contributed by atoms with Crippen LogP contribution >= 0.6 is 15.9 Å². The van der Waals surface area contributed by atoms with Crippen LogP contribution in [0.5, 0.6) is 0 Å². The van der Waals surface area contributed by atoms with E-state index in [0.29, 0.717) is 16.6 Å². The van der Waals surface area contributed by atoms with Gasteiger partial charge in [0, 0.05) is 11.5 Å². The maximum atomic E-state index is 12.1. The van der Waals surface area contributed by atoms with E-state index in [-0.39, 0.29) is 18.4 Å². The summed E-state index contributed by atoms with van der Waals surface area (Å²) in [5.74, 6) is -0.601. The largest absolute Gasteiger partial charge is 0.464 e. The molecule has 18 heavy (non-hydrogen) atoms. The lowest BCUT2D eigenvalue weighted by Crippen LogP contribution is -2.33. The number of carbonyl (C=O) groups excluding carboxylic acids is 2. The van der Waals surface area contributed by atoms with E-state index in [1.165, 1.54) is 4.90 Å². The Balaban J connectivity index is 2.62. The summed E-state index contributed by atoms with van der Waals surface area (Å²) in [6, 6.07) is 7.11. The molecular formula is C13H16BrNO3. The predicted molar refractivity (Wildman–Crippen MR) is 72.4 cm³/mol. The van der Waals surface area contributed by atoms with E-state index < -0.39 is 0 Å². The predicted octanol–water partition coefficient (Wildman–Crippen LogP) is 2.47. The molecule has 0 spiro atoms. The fourth-order valence-corrected chi connectivity index (χ4v) is 1.82. The molecule has 0 saturated carbocycles. The molecule has 1 rings (SSSR count). The van der Waals surface area contributed by atoms with E-state index in [4.69, 9.17) is 4.74 Å². The first-order valence-electron chi connectivity index (χ1n) is 5.72. The normalized spacial score (nSPS) is 9.94. The summed E-state index contributed by atoms with van der Waals surface area (Å²) in [7, 11) is 1.58. The van der Waals surface area contributed by atoms with Crippen LogP contribution in [0.15, 0.2) is 28.7 Å². The fraction of sp³-hybridized carbons (Fsp3) is 0.385. The summed E-state index contributed by atoms with van der Waals surface area (Å²) >= 11 is 3.31. The van der Waals surface area contributed by atoms with Crippen LogP contribution in [0.2, 0.25) is 0 Å². The first kappa shape index (κ1) is 14.7. The van der Waals surface area contributed by atoms with E-state index in [2.05, 4.69) is 15.9 Å². The number of halogens is 1. The molecule has 0 saturated heterocycles. The summed E-state index contributed by atoms with van der Waals surface area (Å²) in [4.78, 5) is 24.8. The molecule has 0 aromatic heterocycles. The average Bonchev–Trinajstić information content (AvgIpc) is 2.36. The molecule has 0 N–H and O–H groups in total. The minimum Gasteiger partial charge on any atom is -0.464 e. The zero-order valence-corrected chi connectivity index (χ0v) is 12.1. The third kappa shape index (κ3) is 4.14. The molecule has 0 radical (unpaired) electrons. The highest BCUT2D eigenvalue weighted by atomic mass is 79.9. The van der Waals surface area contributed by atoms with E-state index in [0.717, 1.165) is 6.42 Å². The summed E-state index contributed by atoms with van der Waals surface area (Å²) < 4.78 is 5.65. The first-order chi connectivity index (χ1) is 8.56. The molecular weight excluding hydrogens is 298 g/mol. The Morgan fingerprint density at radius 1 is 1.33 bits per heavy atom. The number of nitrogens with zero attached hydrogens (tertiary/aromatic N) is 1. The second-order valence-corrected chi connectivity index (χ2v) is 4.72. The van der Waals surface area contributed by atoms with Crippen molar-refractivity contribution in [3.8, 4) is 0 Å². The minimum atomic E-state index is -0.389. The van der Waals surface area contributed by atoms with E-state index in [9.17, 15) is 9.59 Å². The molecule has 0 bridgehead atoms. The maximum Gasteiger partial charge on any atom is 0.325 e. The lowest BCUT2D eigenvalue weighted by atomic mass is 10.2. The van der Waals surface area contributed by atoms with Gasteiger partial charge < -0.3 is 9.64 Å². The minimum absolute atomic E-state index is 0.0415. The number of amides is 1. The van der Waals surface area contributed by atoms with Gasteiger partial charge in [0.05, 0.1) is 12.2 Å². The van der Waals surface area contributed by atoms with E-state index in [1.54, 1.807) is 25.2 Å². The van der Waals surface area contributed by atoms with Crippen molar-refractivity contribution in [1.82, 2.24) is 4.90 Å². The van der Waals surface area contributed by atoms with Crippen LogP contribution in [-0.2, 0) is 9.53 Å². The standard InChI is InChI=1S/C13H16BrNO3/c1-3-8-18-12(16)9-15(2)13(17)10-6-4-5-7-11(10)14/h4-7H,3,8-9H2,1-2H3. The molecule has 0 atom stereocenters. The van der Waals surface area contributed by atoms with Gasteiger partial charge in [-0.25, -0.2) is 0 Å². The molecule has 0 heterocycles. The Hall–Kier alpha value is -1.36. The van der Waals surface area contributed by atoms with Gasteiger partial charge in [-0.2, -0.15) is 0 Å². The van der Waals surface area contributed by atoms with E-state index >= 15 is 0 Å². The highest BCUT2D eigenvalue weighted by Gasteiger charge is 2.17. The van der Waals surface area contributed by atoms with Crippen LogP contribution in [0.3, 0.4) is 0 Å². The van der Waals surface area contributed by atoms with Crippen LogP contribution in [0, 0.1) is 0 Å². The van der Waals surface area contributed by atoms with Gasteiger partial charge in [0.1, 0.15) is 6.54 Å². The third-order valence-electron chi connectivity index (χ3n) is 2.28. The Morgan fingerprint density at radius 2 is 2.00 bits per heavy atom. The Morgan fingerprint density at radius 3 is 2.61 bits per heavy atom. The molecule has 0 unspecified atom stereocenters. The van der Waals surface area contributed by atoms with Gasteiger partial charge in [0.25, 0.3) is 5.91 Å². The van der Waals surface area contributed by atoms with Gasteiger partial charge in [0.2, 0.25) is 0 Å². The summed E-state index contributed by atoms with van der Waals surface area (Å²) in [5, 5.41) is 0. The van der Waals surface area contributed by atoms with Gasteiger partial charge in [-0.15, -0.1) is 0 Å². The second kappa shape index (κ2) is 7.16. The van der Waals surface area contributed by atoms with Crippen LogP contribution in [0.1, 0.15) is 23.7 Å². The molecule has 4 nitrogen and oxygen atoms in total. The van der Waals surface area contributed by atoms with Gasteiger partial charge in [0.15, 0.2) is 0 Å². The van der Waals surface area contributed by atoms with Crippen molar-refractivity contribution in [3.05, 3.63) is 34.3 Å². The molecule has 98 valence electrons. The number of benzene rings is 1. The van der Waals surface area contributed by atoms with Crippen LogP contribution in [0.4, 0.5) is 0 Å². The van der Waals surface area contributed by atoms with Crippen molar-refractivity contribution in [2.75, 3.05) is 20.2 Å². The number of rotatable bonds is 5. The molecule has 0 aliphatic carbocycles. The van der Waals surface area contributed by atoms with Crippen LogP contribution in [-0.4, -0.2) is 37.0 Å². The van der Waals surface area contributed by atoms with Crippen LogP contribution in [0.25, 0.3) is 0 Å². The third-order valence-corrected chi connectivity index (χ3v) is 2.98. The van der Waals surface area contributed by atoms with Crippen LogP contribution < -0.4 is 0 Å². The first-order valence-corrected chi connectivity index (χ1v) is 6.51. The fourth-order valence-electron chi connectivity index (χ4n) is 1.37. The number of carbonyl (C=O) groups is 2. The van der Waals surface area contributed by atoms with Crippen molar-refractivity contribution >= 4 is 27.8 Å². The topological polar surface area (TPSA) is 46.6 Å². The van der Waals surface area contributed by atoms with Gasteiger partial charge in [-0.05, 0) is 34.5 Å². The molecule has 1 aromatic carbocycles. The molecule has 0 fully saturated rings.